The van der Waals surface area contributed by atoms with Crippen LogP contribution in [0.2, 0.25) is 0 Å². The predicted molar refractivity (Wildman–Crippen MR) is 101 cm³/mol. The Morgan fingerprint density at radius 3 is 2.37 bits per heavy atom. The van der Waals surface area contributed by atoms with Crippen LogP contribution in [0.15, 0.2) is 18.2 Å². The monoisotopic (exact) mass is 375 g/mol. The zero-order valence-electron chi connectivity index (χ0n) is 15.5. The lowest BCUT2D eigenvalue weighted by Crippen LogP contribution is -2.50. The van der Waals surface area contributed by atoms with E-state index in [1.54, 1.807) is 24.1 Å². The van der Waals surface area contributed by atoms with E-state index in [2.05, 4.69) is 5.32 Å². The van der Waals surface area contributed by atoms with Crippen molar-refractivity contribution in [2.75, 3.05) is 57.8 Å². The highest BCUT2D eigenvalue weighted by Crippen LogP contribution is 2.32. The first kappa shape index (κ1) is 19.1. The highest BCUT2D eigenvalue weighted by atomic mass is 16.6. The van der Waals surface area contributed by atoms with Gasteiger partial charge in [-0.1, -0.05) is 0 Å². The first-order valence-electron chi connectivity index (χ1n) is 9.25. The molecule has 146 valence electrons. The number of carbonyl (C=O) groups is 2. The van der Waals surface area contributed by atoms with Crippen molar-refractivity contribution < 1.29 is 14.5 Å². The third-order valence-electron chi connectivity index (χ3n) is 5.17. The van der Waals surface area contributed by atoms with E-state index in [0.717, 1.165) is 25.9 Å². The van der Waals surface area contributed by atoms with Gasteiger partial charge in [0.2, 0.25) is 5.91 Å². The summed E-state index contributed by atoms with van der Waals surface area (Å²) in [7, 11) is 1.60. The zero-order valence-corrected chi connectivity index (χ0v) is 15.5. The second kappa shape index (κ2) is 8.34. The van der Waals surface area contributed by atoms with Crippen LogP contribution >= 0.6 is 0 Å². The van der Waals surface area contributed by atoms with Crippen molar-refractivity contribution in [3.63, 3.8) is 0 Å². The molecular weight excluding hydrogens is 350 g/mol. The molecule has 2 fully saturated rings. The molecule has 2 heterocycles. The van der Waals surface area contributed by atoms with Crippen molar-refractivity contribution in [3.05, 3.63) is 33.9 Å². The average Bonchev–Trinajstić information content (AvgIpc) is 3.22. The predicted octanol–water partition coefficient (Wildman–Crippen LogP) is 0.699. The average molecular weight is 375 g/mol. The van der Waals surface area contributed by atoms with E-state index in [0.29, 0.717) is 44.0 Å². The van der Waals surface area contributed by atoms with Crippen LogP contribution in [-0.4, -0.2) is 79.4 Å². The molecule has 0 atom stereocenters. The molecule has 0 aliphatic carbocycles. The minimum atomic E-state index is -0.411. The summed E-state index contributed by atoms with van der Waals surface area (Å²) in [5.41, 5.74) is 0.912. The number of nitro benzene ring substituents is 1. The summed E-state index contributed by atoms with van der Waals surface area (Å²) in [5.74, 6) is -0.256. The number of piperazine rings is 1. The van der Waals surface area contributed by atoms with Crippen LogP contribution < -0.4 is 10.2 Å². The number of benzene rings is 1. The van der Waals surface area contributed by atoms with Crippen molar-refractivity contribution in [1.29, 1.82) is 0 Å². The summed E-state index contributed by atoms with van der Waals surface area (Å²) < 4.78 is 0. The number of nitrogens with zero attached hydrogens (tertiary/aromatic N) is 4. The maximum absolute atomic E-state index is 12.8. The molecule has 2 aliphatic rings. The molecule has 0 radical (unpaired) electrons. The number of likely N-dealkylation sites (N-methyl/N-ethyl adjacent to an activating group) is 1. The van der Waals surface area contributed by atoms with Crippen molar-refractivity contribution in [3.8, 4) is 0 Å². The third kappa shape index (κ3) is 4.36. The normalized spacial score (nSPS) is 17.8. The molecule has 2 saturated heterocycles. The van der Waals surface area contributed by atoms with Gasteiger partial charge in [-0.05, 0) is 25.0 Å². The molecule has 9 nitrogen and oxygen atoms in total. The van der Waals surface area contributed by atoms with Gasteiger partial charge in [0.05, 0.1) is 11.5 Å². The Labute approximate surface area is 158 Å². The van der Waals surface area contributed by atoms with E-state index in [9.17, 15) is 19.7 Å². The standard InChI is InChI=1S/C18H25N5O4/c1-19-17(24)13-20-8-10-22(11-9-20)18(25)14-4-5-15(16(12-14)23(26)27)21-6-2-3-7-21/h4-5,12H,2-3,6-11,13H2,1H3,(H,19,24). The van der Waals surface area contributed by atoms with Gasteiger partial charge in [-0.3, -0.25) is 24.6 Å². The molecular formula is C18H25N5O4. The topological polar surface area (TPSA) is 99.0 Å². The molecule has 0 unspecified atom stereocenters. The highest BCUT2D eigenvalue weighted by molar-refractivity contribution is 5.96. The molecule has 9 heteroatoms. The lowest BCUT2D eigenvalue weighted by molar-refractivity contribution is -0.384. The Morgan fingerprint density at radius 1 is 1.11 bits per heavy atom. The maximum atomic E-state index is 12.8. The van der Waals surface area contributed by atoms with Gasteiger partial charge in [0.15, 0.2) is 0 Å². The summed E-state index contributed by atoms with van der Waals surface area (Å²) in [6, 6.07) is 4.77. The molecule has 2 amide bonds. The molecule has 0 spiro atoms. The zero-order chi connectivity index (χ0) is 19.4. The van der Waals surface area contributed by atoms with Gasteiger partial charge in [0.1, 0.15) is 5.69 Å². The molecule has 1 aromatic rings. The smallest absolute Gasteiger partial charge is 0.293 e. The fourth-order valence-electron chi connectivity index (χ4n) is 3.60. The quantitative estimate of drug-likeness (QED) is 0.601. The number of hydrogen-bond donors (Lipinski definition) is 1. The fourth-order valence-corrected chi connectivity index (χ4v) is 3.60. The number of nitrogens with one attached hydrogen (secondary N) is 1. The first-order valence-corrected chi connectivity index (χ1v) is 9.25. The minimum Gasteiger partial charge on any atom is -0.366 e. The van der Waals surface area contributed by atoms with Gasteiger partial charge >= 0.3 is 0 Å². The lowest BCUT2D eigenvalue weighted by Gasteiger charge is -2.34. The molecule has 0 aromatic heterocycles. The Bertz CT molecular complexity index is 724. The SMILES string of the molecule is CNC(=O)CN1CCN(C(=O)c2ccc(N3CCCC3)c([N+](=O)[O-])c2)CC1. The second-order valence-electron chi connectivity index (χ2n) is 6.90. The Morgan fingerprint density at radius 2 is 1.78 bits per heavy atom. The number of nitro groups is 1. The van der Waals surface area contributed by atoms with Gasteiger partial charge in [-0.25, -0.2) is 0 Å². The van der Waals surface area contributed by atoms with Crippen LogP contribution in [0.5, 0.6) is 0 Å². The van der Waals surface area contributed by atoms with E-state index >= 15 is 0 Å². The summed E-state index contributed by atoms with van der Waals surface area (Å²) >= 11 is 0. The van der Waals surface area contributed by atoms with E-state index in [1.807, 2.05) is 9.80 Å². The Balaban J connectivity index is 1.69. The maximum Gasteiger partial charge on any atom is 0.293 e. The van der Waals surface area contributed by atoms with Crippen molar-refractivity contribution in [2.45, 2.75) is 12.8 Å². The highest BCUT2D eigenvalue weighted by Gasteiger charge is 2.27. The van der Waals surface area contributed by atoms with Crippen LogP contribution in [0, 0.1) is 10.1 Å². The second-order valence-corrected chi connectivity index (χ2v) is 6.90. The lowest BCUT2D eigenvalue weighted by atomic mass is 10.1. The van der Waals surface area contributed by atoms with Crippen molar-refractivity contribution >= 4 is 23.2 Å². The number of anilines is 1. The van der Waals surface area contributed by atoms with Gasteiger partial charge < -0.3 is 15.1 Å². The molecule has 2 aliphatic heterocycles. The Hall–Kier alpha value is -2.68. The molecule has 1 N–H and O–H groups in total. The van der Waals surface area contributed by atoms with Crippen LogP contribution in [0.4, 0.5) is 11.4 Å². The van der Waals surface area contributed by atoms with Crippen molar-refractivity contribution in [1.82, 2.24) is 15.1 Å². The molecule has 0 saturated carbocycles. The third-order valence-corrected chi connectivity index (χ3v) is 5.17. The van der Waals surface area contributed by atoms with E-state index in [4.69, 9.17) is 0 Å². The Kier molecular flexibility index (Phi) is 5.90. The van der Waals surface area contributed by atoms with Gasteiger partial charge in [-0.15, -0.1) is 0 Å². The van der Waals surface area contributed by atoms with Gasteiger partial charge in [0, 0.05) is 57.9 Å². The van der Waals surface area contributed by atoms with Gasteiger partial charge in [-0.2, -0.15) is 0 Å². The number of hydrogen-bond acceptors (Lipinski definition) is 6. The summed E-state index contributed by atoms with van der Waals surface area (Å²) in [6.07, 6.45) is 2.05. The van der Waals surface area contributed by atoms with Crippen LogP contribution in [0.3, 0.4) is 0 Å². The summed E-state index contributed by atoms with van der Waals surface area (Å²) in [6.45, 7) is 4.13. The van der Waals surface area contributed by atoms with Crippen LogP contribution in [0.25, 0.3) is 0 Å². The molecule has 1 aromatic carbocycles. The van der Waals surface area contributed by atoms with Crippen LogP contribution in [-0.2, 0) is 4.79 Å². The van der Waals surface area contributed by atoms with E-state index in [-0.39, 0.29) is 17.5 Å². The minimum absolute atomic E-state index is 0.0130. The summed E-state index contributed by atoms with van der Waals surface area (Å²) in [4.78, 5) is 41.0. The van der Waals surface area contributed by atoms with Gasteiger partial charge in [0.25, 0.3) is 11.6 Å². The number of rotatable bonds is 5. The number of amides is 2. The number of carbonyl (C=O) groups excluding carboxylic acids is 2. The summed E-state index contributed by atoms with van der Waals surface area (Å²) in [5, 5.41) is 14.1. The largest absolute Gasteiger partial charge is 0.366 e. The van der Waals surface area contributed by atoms with Crippen LogP contribution in [0.1, 0.15) is 23.2 Å². The fraction of sp³-hybridized carbons (Fsp3) is 0.556. The van der Waals surface area contributed by atoms with Crippen molar-refractivity contribution in [2.24, 2.45) is 0 Å². The molecule has 3 rings (SSSR count). The molecule has 27 heavy (non-hydrogen) atoms. The van der Waals surface area contributed by atoms with E-state index < -0.39 is 4.92 Å². The molecule has 0 bridgehead atoms. The van der Waals surface area contributed by atoms with E-state index in [1.165, 1.54) is 6.07 Å². The first-order chi connectivity index (χ1) is 13.0.